The Balaban J connectivity index is 1.48. The molecular weight excluding hydrogens is 372 g/mol. The number of aryl methyl sites for hydroxylation is 1. The Morgan fingerprint density at radius 3 is 2.82 bits per heavy atom. The summed E-state index contributed by atoms with van der Waals surface area (Å²) < 4.78 is 0. The number of hydrogen-bond acceptors (Lipinski definition) is 5. The summed E-state index contributed by atoms with van der Waals surface area (Å²) in [6.07, 6.45) is 2.65. The minimum atomic E-state index is -0.170. The molecule has 3 heterocycles. The van der Waals surface area contributed by atoms with Crippen molar-refractivity contribution in [3.8, 4) is 11.3 Å². The van der Waals surface area contributed by atoms with Crippen molar-refractivity contribution in [1.29, 1.82) is 0 Å². The third-order valence-electron chi connectivity index (χ3n) is 5.62. The number of likely N-dealkylation sites (tertiary alicyclic amines) is 1. The highest BCUT2D eigenvalue weighted by atomic mass is 32.1. The van der Waals surface area contributed by atoms with Gasteiger partial charge in [-0.2, -0.15) is 0 Å². The van der Waals surface area contributed by atoms with Gasteiger partial charge in [0.2, 0.25) is 11.8 Å². The van der Waals surface area contributed by atoms with Crippen molar-refractivity contribution in [3.05, 3.63) is 34.2 Å². The monoisotopic (exact) mass is 398 g/mol. The second-order valence-electron chi connectivity index (χ2n) is 7.75. The van der Waals surface area contributed by atoms with Crippen molar-refractivity contribution in [2.75, 3.05) is 38.6 Å². The highest BCUT2D eigenvalue weighted by molar-refractivity contribution is 7.09. The predicted molar refractivity (Wildman–Crippen MR) is 112 cm³/mol. The molecule has 1 unspecified atom stereocenters. The van der Waals surface area contributed by atoms with E-state index in [1.54, 1.807) is 30.3 Å². The molecule has 148 valence electrons. The number of hydrogen-bond donors (Lipinski definition) is 0. The molecule has 28 heavy (non-hydrogen) atoms. The summed E-state index contributed by atoms with van der Waals surface area (Å²) in [7, 11) is 3.55. The second-order valence-corrected chi connectivity index (χ2v) is 8.81. The van der Waals surface area contributed by atoms with Crippen LogP contribution in [0.2, 0.25) is 0 Å². The smallest absolute Gasteiger partial charge is 0.241 e. The molecule has 2 aromatic rings. The van der Waals surface area contributed by atoms with E-state index in [1.807, 2.05) is 28.9 Å². The summed E-state index contributed by atoms with van der Waals surface area (Å²) >= 11 is 1.65. The van der Waals surface area contributed by atoms with Gasteiger partial charge in [0.25, 0.3) is 0 Å². The van der Waals surface area contributed by atoms with Gasteiger partial charge in [0, 0.05) is 37.3 Å². The van der Waals surface area contributed by atoms with E-state index in [1.165, 1.54) is 5.56 Å². The van der Waals surface area contributed by atoms with E-state index < -0.39 is 0 Å². The van der Waals surface area contributed by atoms with Crippen LogP contribution in [0.3, 0.4) is 0 Å². The number of nitrogens with zero attached hydrogens (tertiary/aromatic N) is 4. The van der Waals surface area contributed by atoms with E-state index in [0.29, 0.717) is 13.1 Å². The van der Waals surface area contributed by atoms with Crippen molar-refractivity contribution in [2.45, 2.75) is 32.2 Å². The van der Waals surface area contributed by atoms with Crippen LogP contribution in [0.4, 0.5) is 5.69 Å². The number of carbonyl (C=O) groups excluding carboxylic acids is 2. The van der Waals surface area contributed by atoms with E-state index in [9.17, 15) is 9.59 Å². The zero-order valence-electron chi connectivity index (χ0n) is 16.6. The van der Waals surface area contributed by atoms with Gasteiger partial charge in [0.05, 0.1) is 23.3 Å². The molecule has 0 N–H and O–H groups in total. The van der Waals surface area contributed by atoms with Crippen molar-refractivity contribution in [3.63, 3.8) is 0 Å². The fourth-order valence-electron chi connectivity index (χ4n) is 4.17. The molecule has 2 amide bonds. The van der Waals surface area contributed by atoms with Crippen LogP contribution in [0.5, 0.6) is 0 Å². The SMILES string of the molecule is Cc1nc(-c2ccc3c(c2)CCN3C(=O)CN2CCCC2C(=O)N(C)C)cs1. The molecular formula is C21H26N4O2S. The lowest BCUT2D eigenvalue weighted by Gasteiger charge is -2.27. The lowest BCUT2D eigenvalue weighted by Crippen LogP contribution is -2.47. The Morgan fingerprint density at radius 1 is 1.29 bits per heavy atom. The number of aromatic nitrogens is 1. The fourth-order valence-corrected chi connectivity index (χ4v) is 4.79. The standard InChI is InChI=1S/C21H26N4O2S/c1-14-22-17(13-28-14)15-6-7-18-16(11-15)8-10-25(18)20(26)12-24-9-4-5-19(24)21(27)23(2)3/h6-7,11,13,19H,4-5,8-10,12H2,1-3H3. The van der Waals surface area contributed by atoms with E-state index in [0.717, 1.165) is 47.8 Å². The Labute approximate surface area is 169 Å². The first-order valence-corrected chi connectivity index (χ1v) is 10.6. The number of amides is 2. The number of anilines is 1. The van der Waals surface area contributed by atoms with Crippen molar-refractivity contribution in [1.82, 2.24) is 14.8 Å². The van der Waals surface area contributed by atoms with E-state index in [2.05, 4.69) is 16.4 Å². The molecule has 1 saturated heterocycles. The van der Waals surface area contributed by atoms with Crippen LogP contribution in [-0.2, 0) is 16.0 Å². The molecule has 2 aliphatic heterocycles. The molecule has 4 rings (SSSR count). The third-order valence-corrected chi connectivity index (χ3v) is 6.39. The van der Waals surface area contributed by atoms with Gasteiger partial charge in [-0.05, 0) is 50.4 Å². The first-order valence-electron chi connectivity index (χ1n) is 9.75. The number of rotatable bonds is 4. The summed E-state index contributed by atoms with van der Waals surface area (Å²) in [5.41, 5.74) is 4.29. The molecule has 0 saturated carbocycles. The van der Waals surface area contributed by atoms with Crippen LogP contribution in [0.1, 0.15) is 23.4 Å². The van der Waals surface area contributed by atoms with Crippen LogP contribution in [-0.4, -0.2) is 66.4 Å². The number of likely N-dealkylation sites (N-methyl/N-ethyl adjacent to an activating group) is 1. The average Bonchev–Trinajstić information content (AvgIpc) is 3.39. The van der Waals surface area contributed by atoms with Crippen molar-refractivity contribution in [2.24, 2.45) is 0 Å². The van der Waals surface area contributed by atoms with Gasteiger partial charge in [-0.3, -0.25) is 14.5 Å². The van der Waals surface area contributed by atoms with Gasteiger partial charge in [-0.25, -0.2) is 4.98 Å². The maximum absolute atomic E-state index is 13.0. The molecule has 2 aliphatic rings. The lowest BCUT2D eigenvalue weighted by atomic mass is 10.1. The highest BCUT2D eigenvalue weighted by Crippen LogP contribution is 2.33. The molecule has 7 heteroatoms. The zero-order valence-corrected chi connectivity index (χ0v) is 17.5. The Kier molecular flexibility index (Phi) is 5.21. The van der Waals surface area contributed by atoms with Crippen molar-refractivity contribution >= 4 is 28.8 Å². The van der Waals surface area contributed by atoms with E-state index in [4.69, 9.17) is 0 Å². The van der Waals surface area contributed by atoms with E-state index >= 15 is 0 Å². The Morgan fingerprint density at radius 2 is 2.11 bits per heavy atom. The minimum Gasteiger partial charge on any atom is -0.347 e. The number of carbonyl (C=O) groups is 2. The van der Waals surface area contributed by atoms with Crippen molar-refractivity contribution < 1.29 is 9.59 Å². The number of benzene rings is 1. The molecule has 0 bridgehead atoms. The maximum atomic E-state index is 13.0. The maximum Gasteiger partial charge on any atom is 0.241 e. The summed E-state index contributed by atoms with van der Waals surface area (Å²) in [6.45, 7) is 3.82. The summed E-state index contributed by atoms with van der Waals surface area (Å²) in [5.74, 6) is 0.171. The van der Waals surface area contributed by atoms with Gasteiger partial charge < -0.3 is 9.80 Å². The average molecular weight is 399 g/mol. The largest absolute Gasteiger partial charge is 0.347 e. The van der Waals surface area contributed by atoms with Crippen LogP contribution in [0, 0.1) is 6.92 Å². The molecule has 1 atom stereocenters. The first-order chi connectivity index (χ1) is 13.4. The van der Waals surface area contributed by atoms with Gasteiger partial charge in [-0.15, -0.1) is 11.3 Å². The fraction of sp³-hybridized carbons (Fsp3) is 0.476. The first kappa shape index (κ1) is 19.1. The second kappa shape index (κ2) is 7.64. The summed E-state index contributed by atoms with van der Waals surface area (Å²) in [6, 6.07) is 6.08. The summed E-state index contributed by atoms with van der Waals surface area (Å²) in [5, 5.41) is 3.13. The Bertz CT molecular complexity index is 908. The molecule has 1 aromatic carbocycles. The normalized spacial score (nSPS) is 19.1. The summed E-state index contributed by atoms with van der Waals surface area (Å²) in [4.78, 5) is 35.5. The van der Waals surface area contributed by atoms with Crippen LogP contribution in [0.15, 0.2) is 23.6 Å². The predicted octanol–water partition coefficient (Wildman–Crippen LogP) is 2.56. The molecule has 0 aliphatic carbocycles. The molecule has 6 nitrogen and oxygen atoms in total. The van der Waals surface area contributed by atoms with Crippen LogP contribution < -0.4 is 4.90 Å². The quantitative estimate of drug-likeness (QED) is 0.794. The topological polar surface area (TPSA) is 56.8 Å². The third kappa shape index (κ3) is 3.56. The van der Waals surface area contributed by atoms with Gasteiger partial charge in [0.1, 0.15) is 0 Å². The van der Waals surface area contributed by atoms with E-state index in [-0.39, 0.29) is 17.9 Å². The lowest BCUT2D eigenvalue weighted by molar-refractivity contribution is -0.134. The number of fused-ring (bicyclic) bond motifs is 1. The van der Waals surface area contributed by atoms with Crippen LogP contribution >= 0.6 is 11.3 Å². The van der Waals surface area contributed by atoms with Crippen LogP contribution in [0.25, 0.3) is 11.3 Å². The van der Waals surface area contributed by atoms with Gasteiger partial charge in [0.15, 0.2) is 0 Å². The number of thiazole rings is 1. The van der Waals surface area contributed by atoms with Gasteiger partial charge in [-0.1, -0.05) is 6.07 Å². The Hall–Kier alpha value is -2.25. The minimum absolute atomic E-state index is 0.0782. The highest BCUT2D eigenvalue weighted by Gasteiger charge is 2.35. The molecule has 0 radical (unpaired) electrons. The van der Waals surface area contributed by atoms with Gasteiger partial charge >= 0.3 is 0 Å². The molecule has 1 aromatic heterocycles. The zero-order chi connectivity index (χ0) is 19.8. The molecule has 0 spiro atoms. The molecule has 1 fully saturated rings.